The third-order valence-corrected chi connectivity index (χ3v) is 4.84. The molecule has 152 valence electrons. The van der Waals surface area contributed by atoms with Gasteiger partial charge in [0, 0.05) is 29.6 Å². The summed E-state index contributed by atoms with van der Waals surface area (Å²) in [7, 11) is 0. The Morgan fingerprint density at radius 1 is 1.28 bits per heavy atom. The number of aromatic nitrogens is 3. The molecule has 0 aliphatic heterocycles. The van der Waals surface area contributed by atoms with Crippen LogP contribution in [0.4, 0.5) is 11.8 Å². The van der Waals surface area contributed by atoms with Crippen molar-refractivity contribution in [2.24, 2.45) is 0 Å². The molecule has 2 N–H and O–H groups in total. The van der Waals surface area contributed by atoms with Gasteiger partial charge in [-0.15, -0.1) is 0 Å². The Kier molecular flexibility index (Phi) is 5.61. The Morgan fingerprint density at radius 2 is 2.00 bits per heavy atom. The summed E-state index contributed by atoms with van der Waals surface area (Å²) in [6.07, 6.45) is 1.59. The smallest absolute Gasteiger partial charge is 0.253 e. The van der Waals surface area contributed by atoms with Crippen molar-refractivity contribution in [1.29, 1.82) is 0 Å². The second-order valence-electron chi connectivity index (χ2n) is 7.89. The predicted octanol–water partition coefficient (Wildman–Crippen LogP) is 4.30. The van der Waals surface area contributed by atoms with Crippen LogP contribution in [0.5, 0.6) is 0 Å². The number of carbonyl (C=O) groups excluding carboxylic acids is 1. The fourth-order valence-corrected chi connectivity index (χ4v) is 3.55. The zero-order valence-corrected chi connectivity index (χ0v) is 17.8. The lowest BCUT2D eigenvalue weighted by atomic mass is 10.1. The molecule has 2 aromatic heterocycles. The number of aromatic amines is 1. The van der Waals surface area contributed by atoms with Crippen molar-refractivity contribution in [2.45, 2.75) is 46.2 Å². The quantitative estimate of drug-likeness (QED) is 0.665. The van der Waals surface area contributed by atoms with E-state index in [2.05, 4.69) is 20.3 Å². The molecule has 0 saturated heterocycles. The van der Waals surface area contributed by atoms with Crippen LogP contribution in [0.3, 0.4) is 0 Å². The van der Waals surface area contributed by atoms with Crippen molar-refractivity contribution in [3.8, 4) is 0 Å². The average Bonchev–Trinajstić information content (AvgIpc) is 2.61. The van der Waals surface area contributed by atoms with E-state index >= 15 is 0 Å². The average molecular weight is 414 g/mol. The van der Waals surface area contributed by atoms with E-state index in [1.54, 1.807) is 29.3 Å². The minimum Gasteiger partial charge on any atom is -0.347 e. The van der Waals surface area contributed by atoms with Crippen LogP contribution in [0, 0.1) is 0 Å². The molecule has 0 saturated carbocycles. The number of anilines is 2. The van der Waals surface area contributed by atoms with E-state index in [-0.39, 0.29) is 17.5 Å². The number of H-pyrrole nitrogens is 1. The Balaban J connectivity index is 1.93. The minimum atomic E-state index is -0.433. The number of para-hydroxylation sites is 1. The summed E-state index contributed by atoms with van der Waals surface area (Å²) in [4.78, 5) is 37.9. The maximum Gasteiger partial charge on any atom is 0.253 e. The number of halogens is 1. The maximum atomic E-state index is 12.6. The molecule has 7 nitrogen and oxygen atoms in total. The minimum absolute atomic E-state index is 0.113. The van der Waals surface area contributed by atoms with Gasteiger partial charge in [0.15, 0.2) is 0 Å². The summed E-state index contributed by atoms with van der Waals surface area (Å²) in [5.41, 5.74) is 0.475. The van der Waals surface area contributed by atoms with Crippen molar-refractivity contribution >= 4 is 40.2 Å². The number of hydrogen-bond acceptors (Lipinski definition) is 5. The fraction of sp³-hybridized carbons (Fsp3) is 0.333. The number of carbonyl (C=O) groups is 1. The number of fused-ring (bicyclic) bond motifs is 1. The van der Waals surface area contributed by atoms with Crippen molar-refractivity contribution in [1.82, 2.24) is 15.0 Å². The van der Waals surface area contributed by atoms with Gasteiger partial charge in [-0.1, -0.05) is 23.7 Å². The van der Waals surface area contributed by atoms with Crippen LogP contribution in [-0.2, 0) is 4.79 Å². The lowest BCUT2D eigenvalue weighted by molar-refractivity contribution is -0.117. The zero-order chi connectivity index (χ0) is 21.3. The lowest BCUT2D eigenvalue weighted by Gasteiger charge is -2.34. The highest BCUT2D eigenvalue weighted by Crippen LogP contribution is 2.25. The van der Waals surface area contributed by atoms with Gasteiger partial charge in [-0.25, -0.2) is 4.98 Å². The number of hydrogen-bond donors (Lipinski definition) is 2. The molecule has 29 heavy (non-hydrogen) atoms. The first-order valence-corrected chi connectivity index (χ1v) is 9.67. The molecule has 2 heterocycles. The van der Waals surface area contributed by atoms with E-state index in [0.717, 1.165) is 5.39 Å². The number of amides is 1. The topological polar surface area (TPSA) is 91.0 Å². The first kappa shape index (κ1) is 20.8. The number of nitrogens with one attached hydrogen (secondary N) is 2. The van der Waals surface area contributed by atoms with E-state index < -0.39 is 5.54 Å². The van der Waals surface area contributed by atoms with Crippen LogP contribution in [0.2, 0.25) is 5.02 Å². The molecular formula is C21H24ClN5O2. The second kappa shape index (κ2) is 7.83. The predicted molar refractivity (Wildman–Crippen MR) is 117 cm³/mol. The van der Waals surface area contributed by atoms with Crippen molar-refractivity contribution in [3.63, 3.8) is 0 Å². The van der Waals surface area contributed by atoms with Crippen LogP contribution >= 0.6 is 11.6 Å². The molecule has 0 aliphatic carbocycles. The van der Waals surface area contributed by atoms with Gasteiger partial charge in [0.2, 0.25) is 11.9 Å². The molecule has 3 rings (SSSR count). The summed E-state index contributed by atoms with van der Waals surface area (Å²) in [5.74, 6) is 0.711. The highest BCUT2D eigenvalue weighted by Gasteiger charge is 2.27. The van der Waals surface area contributed by atoms with Crippen LogP contribution in [0.1, 0.15) is 46.2 Å². The first-order valence-electron chi connectivity index (χ1n) is 9.30. The summed E-state index contributed by atoms with van der Waals surface area (Å²) >= 11 is 6.16. The van der Waals surface area contributed by atoms with Crippen LogP contribution in [0.25, 0.3) is 10.9 Å². The number of rotatable bonds is 4. The van der Waals surface area contributed by atoms with Crippen LogP contribution in [0.15, 0.2) is 41.3 Å². The molecule has 1 atom stereocenters. The van der Waals surface area contributed by atoms with E-state index in [0.29, 0.717) is 27.9 Å². The van der Waals surface area contributed by atoms with Gasteiger partial charge in [-0.05, 0) is 45.9 Å². The molecule has 0 spiro atoms. The van der Waals surface area contributed by atoms with Gasteiger partial charge in [0.05, 0.1) is 16.6 Å². The largest absolute Gasteiger partial charge is 0.347 e. The Labute approximate surface area is 174 Å². The van der Waals surface area contributed by atoms with Crippen LogP contribution < -0.4 is 15.8 Å². The van der Waals surface area contributed by atoms with Crippen LogP contribution in [-0.4, -0.2) is 26.4 Å². The Bertz CT molecular complexity index is 1120. The molecule has 8 heteroatoms. The third kappa shape index (κ3) is 4.40. The monoisotopic (exact) mass is 413 g/mol. The van der Waals surface area contributed by atoms with Gasteiger partial charge in [0.25, 0.3) is 5.56 Å². The molecule has 0 radical (unpaired) electrons. The van der Waals surface area contributed by atoms with Crippen molar-refractivity contribution in [2.75, 3.05) is 10.2 Å². The second-order valence-corrected chi connectivity index (χ2v) is 8.29. The van der Waals surface area contributed by atoms with E-state index in [4.69, 9.17) is 11.6 Å². The lowest BCUT2D eigenvalue weighted by Crippen LogP contribution is -2.45. The van der Waals surface area contributed by atoms with Gasteiger partial charge in [-0.2, -0.15) is 4.98 Å². The van der Waals surface area contributed by atoms with Crippen molar-refractivity contribution in [3.05, 3.63) is 57.5 Å². The van der Waals surface area contributed by atoms with E-state index in [9.17, 15) is 9.59 Å². The van der Waals surface area contributed by atoms with E-state index in [1.807, 2.05) is 39.8 Å². The van der Waals surface area contributed by atoms with Gasteiger partial charge in [0.1, 0.15) is 5.82 Å². The fourth-order valence-electron chi connectivity index (χ4n) is 3.33. The zero-order valence-electron chi connectivity index (χ0n) is 17.1. The summed E-state index contributed by atoms with van der Waals surface area (Å²) in [5, 5.41) is 4.48. The molecule has 0 fully saturated rings. The molecule has 0 unspecified atom stereocenters. The molecule has 0 bridgehead atoms. The molecule has 1 amide bonds. The molecule has 0 aliphatic rings. The SMILES string of the molecule is CC(=O)N(c1ccnc(N[C@@H](C)c2cc3cccc(Cl)c3[nH]c2=O)n1)C(C)(C)C. The highest BCUT2D eigenvalue weighted by molar-refractivity contribution is 6.35. The summed E-state index contributed by atoms with van der Waals surface area (Å²) < 4.78 is 0. The molecule has 3 aromatic rings. The number of pyridine rings is 1. The molecular weight excluding hydrogens is 390 g/mol. The van der Waals surface area contributed by atoms with Crippen molar-refractivity contribution < 1.29 is 4.79 Å². The Hall–Kier alpha value is -2.93. The maximum absolute atomic E-state index is 12.6. The normalized spacial score (nSPS) is 12.6. The third-order valence-electron chi connectivity index (χ3n) is 4.53. The Morgan fingerprint density at radius 3 is 2.66 bits per heavy atom. The summed E-state index contributed by atoms with van der Waals surface area (Å²) in [6, 6.07) is 8.58. The number of nitrogens with zero attached hydrogens (tertiary/aromatic N) is 3. The highest BCUT2D eigenvalue weighted by atomic mass is 35.5. The summed E-state index contributed by atoms with van der Waals surface area (Å²) in [6.45, 7) is 9.16. The number of benzene rings is 1. The van der Waals surface area contributed by atoms with Gasteiger partial charge >= 0.3 is 0 Å². The standard InChI is InChI=1S/C21H24ClN5O2/c1-12(15-11-14-7-6-8-16(22)18(14)26-19(15)29)24-20-23-10-9-17(25-20)27(13(2)28)21(3,4)5/h6-12H,1-5H3,(H,26,29)(H,23,24,25)/t12-/m0/s1. The van der Waals surface area contributed by atoms with E-state index in [1.165, 1.54) is 6.92 Å². The molecule has 1 aromatic carbocycles. The first-order chi connectivity index (χ1) is 13.6. The van der Waals surface area contributed by atoms with Gasteiger partial charge in [-0.3, -0.25) is 14.5 Å². The van der Waals surface area contributed by atoms with Gasteiger partial charge < -0.3 is 10.3 Å².